The monoisotopic (exact) mass is 493 g/mol. The number of morpholine rings is 1. The largest absolute Gasteiger partial charge is 0.378 e. The van der Waals surface area contributed by atoms with Gasteiger partial charge in [0.25, 0.3) is 5.91 Å². The van der Waals surface area contributed by atoms with Crippen molar-refractivity contribution in [3.05, 3.63) is 52.5 Å². The summed E-state index contributed by atoms with van der Waals surface area (Å²) >= 11 is 3.37. The van der Waals surface area contributed by atoms with E-state index in [0.717, 1.165) is 31.6 Å². The Hall–Kier alpha value is -1.94. The number of nitrogens with one attached hydrogen (secondary N) is 1. The number of benzene rings is 2. The highest BCUT2D eigenvalue weighted by Gasteiger charge is 2.28. The van der Waals surface area contributed by atoms with Crippen molar-refractivity contribution in [2.45, 2.75) is 17.7 Å². The molecular formula is C21H24BrN3O4S. The third-order valence-electron chi connectivity index (χ3n) is 5.39. The molecule has 0 atom stereocenters. The molecule has 2 heterocycles. The molecule has 0 spiro atoms. The Labute approximate surface area is 185 Å². The van der Waals surface area contributed by atoms with Crippen molar-refractivity contribution < 1.29 is 17.9 Å². The molecular weight excluding hydrogens is 470 g/mol. The van der Waals surface area contributed by atoms with E-state index >= 15 is 0 Å². The van der Waals surface area contributed by atoms with Crippen LogP contribution in [0.4, 0.5) is 11.4 Å². The first-order valence-corrected chi connectivity index (χ1v) is 12.2. The van der Waals surface area contributed by atoms with Crippen LogP contribution in [0.3, 0.4) is 0 Å². The lowest BCUT2D eigenvalue weighted by Gasteiger charge is -2.28. The van der Waals surface area contributed by atoms with Crippen molar-refractivity contribution in [3.63, 3.8) is 0 Å². The maximum absolute atomic E-state index is 12.8. The zero-order valence-electron chi connectivity index (χ0n) is 16.5. The normalized spacial score (nSPS) is 17.8. The third kappa shape index (κ3) is 4.54. The fourth-order valence-electron chi connectivity index (χ4n) is 3.69. The minimum absolute atomic E-state index is 0.139. The first-order chi connectivity index (χ1) is 14.4. The summed E-state index contributed by atoms with van der Waals surface area (Å²) in [5.74, 6) is -0.362. The van der Waals surface area contributed by atoms with Gasteiger partial charge in [0.05, 0.1) is 23.7 Å². The van der Waals surface area contributed by atoms with Gasteiger partial charge in [-0.15, -0.1) is 0 Å². The van der Waals surface area contributed by atoms with Crippen LogP contribution in [0.5, 0.6) is 0 Å². The fraction of sp³-hybridized carbons (Fsp3) is 0.381. The Kier molecular flexibility index (Phi) is 6.43. The molecule has 2 saturated heterocycles. The van der Waals surface area contributed by atoms with Crippen molar-refractivity contribution in [2.75, 3.05) is 49.6 Å². The fourth-order valence-corrected chi connectivity index (χ4v) is 5.66. The van der Waals surface area contributed by atoms with E-state index in [0.29, 0.717) is 36.5 Å². The van der Waals surface area contributed by atoms with Gasteiger partial charge in [-0.3, -0.25) is 4.79 Å². The maximum atomic E-state index is 12.8. The van der Waals surface area contributed by atoms with Gasteiger partial charge in [-0.25, -0.2) is 8.42 Å². The molecule has 0 radical (unpaired) electrons. The van der Waals surface area contributed by atoms with Gasteiger partial charge < -0.3 is 15.0 Å². The zero-order valence-corrected chi connectivity index (χ0v) is 18.9. The van der Waals surface area contributed by atoms with E-state index in [9.17, 15) is 13.2 Å². The van der Waals surface area contributed by atoms with Gasteiger partial charge in [0.1, 0.15) is 0 Å². The van der Waals surface area contributed by atoms with E-state index in [4.69, 9.17) is 4.74 Å². The third-order valence-corrected chi connectivity index (χ3v) is 7.97. The number of ether oxygens (including phenoxy) is 1. The second kappa shape index (κ2) is 9.05. The Morgan fingerprint density at radius 2 is 1.63 bits per heavy atom. The van der Waals surface area contributed by atoms with Crippen LogP contribution in [0.1, 0.15) is 23.2 Å². The average Bonchev–Trinajstić information content (AvgIpc) is 3.31. The van der Waals surface area contributed by atoms with Crippen molar-refractivity contribution >= 4 is 43.2 Å². The van der Waals surface area contributed by atoms with Gasteiger partial charge in [-0.2, -0.15) is 4.31 Å². The van der Waals surface area contributed by atoms with Crippen LogP contribution in [-0.4, -0.2) is 58.0 Å². The quantitative estimate of drug-likeness (QED) is 0.690. The molecule has 2 aromatic carbocycles. The number of nitrogens with zero attached hydrogens (tertiary/aromatic N) is 2. The molecule has 4 rings (SSSR count). The van der Waals surface area contributed by atoms with E-state index in [1.807, 2.05) is 24.3 Å². The number of hydrogen-bond donors (Lipinski definition) is 1. The highest BCUT2D eigenvalue weighted by molar-refractivity contribution is 9.10. The molecule has 2 fully saturated rings. The lowest BCUT2D eigenvalue weighted by molar-refractivity contribution is 0.102. The number of halogens is 1. The van der Waals surface area contributed by atoms with E-state index in [-0.39, 0.29) is 16.4 Å². The lowest BCUT2D eigenvalue weighted by Crippen LogP contribution is -2.36. The Bertz CT molecular complexity index is 1020. The first-order valence-electron chi connectivity index (χ1n) is 9.99. The second-order valence-corrected chi connectivity index (χ2v) is 10.1. The molecule has 30 heavy (non-hydrogen) atoms. The van der Waals surface area contributed by atoms with Gasteiger partial charge in [-0.1, -0.05) is 0 Å². The SMILES string of the molecule is O=C(Nc1ccc(N2CCOCC2)cc1)c1cc(S(=O)(=O)N2CCCC2)ccc1Br. The smallest absolute Gasteiger partial charge is 0.256 e. The summed E-state index contributed by atoms with van der Waals surface area (Å²) in [6.07, 6.45) is 1.73. The number of carbonyl (C=O) groups excluding carboxylic acids is 1. The van der Waals surface area contributed by atoms with Crippen LogP contribution in [-0.2, 0) is 14.8 Å². The summed E-state index contributed by atoms with van der Waals surface area (Å²) in [4.78, 5) is 15.2. The van der Waals surface area contributed by atoms with Crippen LogP contribution in [0, 0.1) is 0 Å². The molecule has 9 heteroatoms. The molecule has 0 saturated carbocycles. The predicted octanol–water partition coefficient (Wildman–Crippen LogP) is 3.32. The zero-order chi connectivity index (χ0) is 21.1. The van der Waals surface area contributed by atoms with Crippen molar-refractivity contribution in [3.8, 4) is 0 Å². The van der Waals surface area contributed by atoms with E-state index in [1.165, 1.54) is 16.4 Å². The van der Waals surface area contributed by atoms with Crippen LogP contribution in [0.2, 0.25) is 0 Å². The molecule has 1 amide bonds. The molecule has 7 nitrogen and oxygen atoms in total. The summed E-state index contributed by atoms with van der Waals surface area (Å²) in [5, 5.41) is 2.86. The Morgan fingerprint density at radius 1 is 0.967 bits per heavy atom. The minimum atomic E-state index is -3.59. The molecule has 2 aliphatic rings. The van der Waals surface area contributed by atoms with Crippen LogP contribution in [0.15, 0.2) is 51.8 Å². The molecule has 1 N–H and O–H groups in total. The lowest BCUT2D eigenvalue weighted by atomic mass is 10.2. The number of amides is 1. The summed E-state index contributed by atoms with van der Waals surface area (Å²) in [6.45, 7) is 4.16. The van der Waals surface area contributed by atoms with E-state index < -0.39 is 10.0 Å². The van der Waals surface area contributed by atoms with Gasteiger partial charge in [0.2, 0.25) is 10.0 Å². The molecule has 2 aromatic rings. The number of carbonyl (C=O) groups is 1. The summed E-state index contributed by atoms with van der Waals surface area (Å²) in [7, 11) is -3.59. The summed E-state index contributed by atoms with van der Waals surface area (Å²) < 4.78 is 33.1. The van der Waals surface area contributed by atoms with E-state index in [1.54, 1.807) is 6.07 Å². The number of anilines is 2. The molecule has 0 unspecified atom stereocenters. The number of sulfonamides is 1. The highest BCUT2D eigenvalue weighted by atomic mass is 79.9. The van der Waals surface area contributed by atoms with E-state index in [2.05, 4.69) is 26.1 Å². The predicted molar refractivity (Wildman–Crippen MR) is 120 cm³/mol. The molecule has 0 bridgehead atoms. The van der Waals surface area contributed by atoms with Crippen LogP contribution in [0.25, 0.3) is 0 Å². The van der Waals surface area contributed by atoms with Gasteiger partial charge in [0, 0.05) is 42.0 Å². The van der Waals surface area contributed by atoms with Gasteiger partial charge in [0.15, 0.2) is 0 Å². The maximum Gasteiger partial charge on any atom is 0.256 e. The topological polar surface area (TPSA) is 79.0 Å². The van der Waals surface area contributed by atoms with Gasteiger partial charge >= 0.3 is 0 Å². The van der Waals surface area contributed by atoms with Crippen LogP contribution >= 0.6 is 15.9 Å². The average molecular weight is 494 g/mol. The number of rotatable bonds is 5. The minimum Gasteiger partial charge on any atom is -0.378 e. The molecule has 0 aliphatic carbocycles. The summed E-state index contributed by atoms with van der Waals surface area (Å²) in [5.41, 5.74) is 2.01. The van der Waals surface area contributed by atoms with Crippen molar-refractivity contribution in [1.29, 1.82) is 0 Å². The highest BCUT2D eigenvalue weighted by Crippen LogP contribution is 2.27. The molecule has 2 aliphatic heterocycles. The second-order valence-electron chi connectivity index (χ2n) is 7.35. The Balaban J connectivity index is 1.50. The van der Waals surface area contributed by atoms with Crippen LogP contribution < -0.4 is 10.2 Å². The summed E-state index contributed by atoms with van der Waals surface area (Å²) in [6, 6.07) is 12.2. The van der Waals surface area contributed by atoms with Crippen molar-refractivity contribution in [2.24, 2.45) is 0 Å². The first kappa shape index (κ1) is 21.3. The Morgan fingerprint density at radius 3 is 2.30 bits per heavy atom. The van der Waals surface area contributed by atoms with Crippen molar-refractivity contribution in [1.82, 2.24) is 4.31 Å². The number of hydrogen-bond acceptors (Lipinski definition) is 5. The van der Waals surface area contributed by atoms with Gasteiger partial charge in [-0.05, 0) is 71.2 Å². The molecule has 160 valence electrons. The molecule has 0 aromatic heterocycles. The standard InChI is InChI=1S/C21H24BrN3O4S/c22-20-8-7-18(30(27,28)25-9-1-2-10-25)15-19(20)21(26)23-16-3-5-17(6-4-16)24-11-13-29-14-12-24/h3-8,15H,1-2,9-14H2,(H,23,26).